The molecule has 2 aromatic rings. The average Bonchev–Trinajstić information content (AvgIpc) is 3.02. The maximum absolute atomic E-state index is 13.8. The first-order valence-electron chi connectivity index (χ1n) is 14.6. The molecule has 0 bridgehead atoms. The number of rotatable bonds is 9. The van der Waals surface area contributed by atoms with Crippen LogP contribution in [-0.2, 0) is 35.0 Å². The number of benzene rings is 2. The lowest BCUT2D eigenvalue weighted by atomic mass is 9.72. The van der Waals surface area contributed by atoms with Crippen molar-refractivity contribution < 1.29 is 68.5 Å². The van der Waals surface area contributed by atoms with Gasteiger partial charge in [0.2, 0.25) is 11.6 Å². The Bertz CT molecular complexity index is 1660. The van der Waals surface area contributed by atoms with Gasteiger partial charge in [-0.25, -0.2) is 0 Å². The van der Waals surface area contributed by atoms with Gasteiger partial charge >= 0.3 is 11.9 Å². The zero-order chi connectivity index (χ0) is 34.5. The number of ketones is 3. The van der Waals surface area contributed by atoms with Crippen LogP contribution in [0.2, 0.25) is 0 Å². The maximum atomic E-state index is 13.8. The molecule has 16 nitrogen and oxygen atoms in total. The van der Waals surface area contributed by atoms with Gasteiger partial charge in [-0.2, -0.15) is 0 Å². The number of carboxylic acid groups (broad SMARTS) is 1. The zero-order valence-electron chi connectivity index (χ0n) is 25.3. The third-order valence-corrected chi connectivity index (χ3v) is 8.73. The summed E-state index contributed by atoms with van der Waals surface area (Å²) >= 11 is 0. The number of fused-ring (bicyclic) bond motifs is 3. The summed E-state index contributed by atoms with van der Waals surface area (Å²) in [6.07, 6.45) is -6.66. The summed E-state index contributed by atoms with van der Waals surface area (Å²) in [5, 5.41) is 54.0. The van der Waals surface area contributed by atoms with E-state index in [1.165, 1.54) is 32.2 Å². The van der Waals surface area contributed by atoms with E-state index in [4.69, 9.17) is 35.5 Å². The van der Waals surface area contributed by atoms with Crippen LogP contribution in [0.5, 0.6) is 17.2 Å². The Kier molecular flexibility index (Phi) is 9.11. The molecule has 0 aromatic heterocycles. The highest BCUT2D eigenvalue weighted by molar-refractivity contribution is 6.31. The van der Waals surface area contributed by atoms with Crippen LogP contribution in [0.4, 0.5) is 0 Å². The molecule has 7 atom stereocenters. The number of esters is 1. The molecular weight excluding hydrogens is 624 g/mol. The number of carbonyl (C=O) groups excluding carboxylic acids is 4. The number of phenolic OH excluding ortho intramolecular Hbond substituents is 2. The number of hydrogen-bond donors (Lipinski definition) is 7. The van der Waals surface area contributed by atoms with Gasteiger partial charge in [-0.05, 0) is 13.0 Å². The topological polar surface area (TPSA) is 275 Å². The van der Waals surface area contributed by atoms with E-state index in [9.17, 15) is 44.4 Å². The standard InChI is InChI=1S/C31H34N2O14/c1-11-25(36)14(32)7-20(46-11)47-17-9-31(43,18(34)10-45-19(35)6-15(33)30(41)42)8-13-22(17)29(40)24-23(27(13)38)26(37)12-4-3-5-16(44-2)21(12)28(24)39/h3-5,11,14-15,17,20,25,36,38,40,43H,6-10,32-33H2,1-2H3,(H,41,42)/t11-,14-,15?,17-,20-,25?,31-/m0/s1. The van der Waals surface area contributed by atoms with Gasteiger partial charge in [-0.15, -0.1) is 0 Å². The number of carbonyl (C=O) groups is 5. The number of aliphatic carboxylic acids is 1. The predicted octanol–water partition coefficient (Wildman–Crippen LogP) is -0.646. The summed E-state index contributed by atoms with van der Waals surface area (Å²) in [5.41, 5.74) is 7.06. The van der Waals surface area contributed by atoms with Crippen LogP contribution in [0, 0.1) is 0 Å². The predicted molar refractivity (Wildman–Crippen MR) is 156 cm³/mol. The van der Waals surface area contributed by atoms with Crippen molar-refractivity contribution in [1.82, 2.24) is 0 Å². The molecule has 47 heavy (non-hydrogen) atoms. The minimum atomic E-state index is -2.45. The Morgan fingerprint density at radius 3 is 2.43 bits per heavy atom. The number of carboxylic acids is 1. The van der Waals surface area contributed by atoms with E-state index < -0.39 is 120 Å². The number of aliphatic hydroxyl groups is 2. The Balaban J connectivity index is 1.57. The minimum absolute atomic E-state index is 0.0480. The largest absolute Gasteiger partial charge is 0.507 e. The number of phenols is 2. The molecule has 0 spiro atoms. The van der Waals surface area contributed by atoms with Crippen molar-refractivity contribution in [2.75, 3.05) is 13.7 Å². The molecule has 2 aliphatic carbocycles. The van der Waals surface area contributed by atoms with Crippen LogP contribution >= 0.6 is 0 Å². The molecule has 5 rings (SSSR count). The Labute approximate surface area is 266 Å². The fourth-order valence-electron chi connectivity index (χ4n) is 6.21. The molecule has 1 aliphatic heterocycles. The van der Waals surface area contributed by atoms with Crippen molar-refractivity contribution in [3.05, 3.63) is 51.6 Å². The van der Waals surface area contributed by atoms with Gasteiger partial charge < -0.3 is 55.9 Å². The monoisotopic (exact) mass is 658 g/mol. The van der Waals surface area contributed by atoms with Crippen molar-refractivity contribution in [1.29, 1.82) is 0 Å². The summed E-state index contributed by atoms with van der Waals surface area (Å²) in [6.45, 7) is 0.508. The van der Waals surface area contributed by atoms with Crippen molar-refractivity contribution in [2.24, 2.45) is 11.5 Å². The van der Waals surface area contributed by atoms with E-state index in [2.05, 4.69) is 0 Å². The first kappa shape index (κ1) is 33.9. The Morgan fingerprint density at radius 1 is 1.11 bits per heavy atom. The molecule has 16 heteroatoms. The highest BCUT2D eigenvalue weighted by Gasteiger charge is 2.50. The normalized spacial score (nSPS) is 27.2. The van der Waals surface area contributed by atoms with Crippen LogP contribution in [0.1, 0.15) is 75.3 Å². The van der Waals surface area contributed by atoms with Crippen molar-refractivity contribution in [3.63, 3.8) is 0 Å². The first-order chi connectivity index (χ1) is 22.1. The molecular formula is C31H34N2O14. The van der Waals surface area contributed by atoms with E-state index >= 15 is 0 Å². The number of aromatic hydroxyl groups is 2. The summed E-state index contributed by atoms with van der Waals surface area (Å²) < 4.78 is 22.0. The van der Waals surface area contributed by atoms with Gasteiger partial charge in [0.05, 0.1) is 48.5 Å². The number of hydrogen-bond acceptors (Lipinski definition) is 15. The average molecular weight is 659 g/mol. The molecule has 3 aliphatic rings. The molecule has 9 N–H and O–H groups in total. The smallest absolute Gasteiger partial charge is 0.321 e. The molecule has 1 heterocycles. The number of methoxy groups -OCH3 is 1. The SMILES string of the molecule is COc1cccc2c1C(=O)c1c(O)c3c(c(O)c1C2=O)C[C@@](O)(C(=O)COC(=O)CC(N)C(=O)O)C[C@@H]3O[C@H]1C[C@H](N)C(O)[C@H](C)O1. The van der Waals surface area contributed by atoms with Gasteiger partial charge in [0.15, 0.2) is 18.7 Å². The number of ether oxygens (including phenoxy) is 4. The second kappa shape index (κ2) is 12.6. The van der Waals surface area contributed by atoms with E-state index in [1.54, 1.807) is 0 Å². The van der Waals surface area contributed by atoms with Crippen LogP contribution < -0.4 is 16.2 Å². The van der Waals surface area contributed by atoms with E-state index in [1.807, 2.05) is 0 Å². The van der Waals surface area contributed by atoms with Crippen molar-refractivity contribution >= 4 is 29.3 Å². The van der Waals surface area contributed by atoms with Gasteiger partial charge in [0.25, 0.3) is 0 Å². The third-order valence-electron chi connectivity index (χ3n) is 8.73. The van der Waals surface area contributed by atoms with Crippen molar-refractivity contribution in [2.45, 2.75) is 74.9 Å². The second-order valence-electron chi connectivity index (χ2n) is 11.8. The van der Waals surface area contributed by atoms with E-state index in [0.717, 1.165) is 0 Å². The summed E-state index contributed by atoms with van der Waals surface area (Å²) in [5.74, 6) is -6.87. The molecule has 0 radical (unpaired) electrons. The molecule has 1 fully saturated rings. The van der Waals surface area contributed by atoms with Crippen LogP contribution in [-0.4, -0.2) is 105 Å². The minimum Gasteiger partial charge on any atom is -0.507 e. The summed E-state index contributed by atoms with van der Waals surface area (Å²) in [6, 6.07) is 1.84. The highest BCUT2D eigenvalue weighted by atomic mass is 16.7. The van der Waals surface area contributed by atoms with Crippen LogP contribution in [0.15, 0.2) is 18.2 Å². The Hall–Kier alpha value is -4.45. The number of aliphatic hydroxyl groups excluding tert-OH is 1. The molecule has 2 aromatic carbocycles. The number of nitrogens with two attached hydrogens (primary N) is 2. The lowest BCUT2D eigenvalue weighted by Gasteiger charge is -2.42. The summed E-state index contributed by atoms with van der Waals surface area (Å²) in [7, 11) is 1.29. The Morgan fingerprint density at radius 2 is 1.79 bits per heavy atom. The fraction of sp³-hybridized carbons (Fsp3) is 0.452. The van der Waals surface area contributed by atoms with E-state index in [-0.39, 0.29) is 34.4 Å². The molecule has 2 unspecified atom stereocenters. The summed E-state index contributed by atoms with van der Waals surface area (Å²) in [4.78, 5) is 63.9. The fourth-order valence-corrected chi connectivity index (χ4v) is 6.21. The van der Waals surface area contributed by atoms with Gasteiger partial charge in [-0.3, -0.25) is 24.0 Å². The van der Waals surface area contributed by atoms with Crippen LogP contribution in [0.3, 0.4) is 0 Å². The first-order valence-corrected chi connectivity index (χ1v) is 14.6. The zero-order valence-corrected chi connectivity index (χ0v) is 25.3. The molecule has 252 valence electrons. The third kappa shape index (κ3) is 5.95. The second-order valence-corrected chi connectivity index (χ2v) is 11.8. The lowest BCUT2D eigenvalue weighted by Crippen LogP contribution is -2.53. The maximum Gasteiger partial charge on any atom is 0.321 e. The quantitative estimate of drug-likeness (QED) is 0.111. The molecule has 1 saturated heterocycles. The van der Waals surface area contributed by atoms with Crippen molar-refractivity contribution in [3.8, 4) is 17.2 Å². The van der Waals surface area contributed by atoms with Crippen LogP contribution in [0.25, 0.3) is 0 Å². The van der Waals surface area contributed by atoms with Gasteiger partial charge in [0, 0.05) is 42.0 Å². The van der Waals surface area contributed by atoms with Gasteiger partial charge in [0.1, 0.15) is 28.9 Å². The van der Waals surface area contributed by atoms with Gasteiger partial charge in [-0.1, -0.05) is 12.1 Å². The number of Topliss-reactive ketones (excluding diaryl/α,β-unsaturated/α-hetero) is 1. The highest BCUT2D eigenvalue weighted by Crippen LogP contribution is 2.52. The molecule has 0 saturated carbocycles. The lowest BCUT2D eigenvalue weighted by molar-refractivity contribution is -0.247. The molecule has 0 amide bonds. The van der Waals surface area contributed by atoms with E-state index in [0.29, 0.717) is 0 Å².